The molecule has 1 fully saturated rings. The first-order valence-electron chi connectivity index (χ1n) is 9.44. The molecule has 4 rings (SSSR count). The van der Waals surface area contributed by atoms with Crippen LogP contribution in [0.3, 0.4) is 0 Å². The van der Waals surface area contributed by atoms with E-state index in [9.17, 15) is 31.9 Å². The zero-order valence-corrected chi connectivity index (χ0v) is 16.5. The van der Waals surface area contributed by atoms with Crippen LogP contribution in [0.1, 0.15) is 17.4 Å². The number of rotatable bonds is 4. The van der Waals surface area contributed by atoms with Crippen molar-refractivity contribution in [3.05, 3.63) is 53.4 Å². The van der Waals surface area contributed by atoms with Crippen molar-refractivity contribution < 1.29 is 36.3 Å². The molecule has 0 saturated carbocycles. The first kappa shape index (κ1) is 21.8. The van der Waals surface area contributed by atoms with Gasteiger partial charge in [0.25, 0.3) is 0 Å². The molecule has 3 aromatic rings. The Kier molecular flexibility index (Phi) is 5.41. The Bertz CT molecular complexity index is 1160. The lowest BCUT2D eigenvalue weighted by atomic mass is 10.1. The van der Waals surface area contributed by atoms with Gasteiger partial charge in [0.2, 0.25) is 0 Å². The van der Waals surface area contributed by atoms with Crippen LogP contribution in [0.5, 0.6) is 0 Å². The van der Waals surface area contributed by atoms with Crippen molar-refractivity contribution in [3.63, 3.8) is 0 Å². The number of hydrogen-bond acceptors (Lipinski definition) is 5. The molecule has 1 aromatic carbocycles. The van der Waals surface area contributed by atoms with Crippen LogP contribution in [0, 0.1) is 18.6 Å². The van der Waals surface area contributed by atoms with Crippen LogP contribution in [0.25, 0.3) is 11.0 Å². The van der Waals surface area contributed by atoms with Crippen molar-refractivity contribution in [2.24, 2.45) is 0 Å². The normalized spacial score (nSPS) is 15.5. The van der Waals surface area contributed by atoms with Crippen molar-refractivity contribution >= 4 is 28.5 Å². The van der Waals surface area contributed by atoms with Gasteiger partial charge < -0.3 is 25.1 Å². The number of carbonyl (C=O) groups excluding carboxylic acids is 1. The number of aryl methyl sites for hydroxylation is 1. The summed E-state index contributed by atoms with van der Waals surface area (Å²) in [6, 6.07) is 0.539. The largest absolute Gasteiger partial charge is 0.455 e. The number of nitrogens with one attached hydrogen (secondary N) is 2. The maximum Gasteiger partial charge on any atom is 0.416 e. The summed E-state index contributed by atoms with van der Waals surface area (Å²) >= 11 is 0. The van der Waals surface area contributed by atoms with E-state index in [1.54, 1.807) is 16.3 Å². The minimum Gasteiger partial charge on any atom is -0.455 e. The molecule has 3 heterocycles. The Balaban J connectivity index is 1.53. The number of anilines is 2. The molecule has 0 radical (unpaired) electrons. The topological polar surface area (TPSA) is 90.6 Å². The number of β-amino-alcohol motifs (C(OH)–C–C–N with tert-alkyl or cyclic N) is 1. The molecule has 2 aromatic heterocycles. The average Bonchev–Trinajstić information content (AvgIpc) is 3.00. The number of carbonyl (C=O) groups is 1. The van der Waals surface area contributed by atoms with Crippen molar-refractivity contribution in [1.82, 2.24) is 10.3 Å². The molecule has 12 heteroatoms. The Morgan fingerprint density at radius 3 is 2.59 bits per heavy atom. The second-order valence-corrected chi connectivity index (χ2v) is 7.39. The number of urea groups is 1. The van der Waals surface area contributed by atoms with E-state index < -0.39 is 47.3 Å². The van der Waals surface area contributed by atoms with Gasteiger partial charge in [-0.1, -0.05) is 0 Å². The molecule has 0 aliphatic carbocycles. The monoisotopic (exact) mass is 456 g/mol. The van der Waals surface area contributed by atoms with Crippen LogP contribution in [0.15, 0.2) is 34.9 Å². The highest BCUT2D eigenvalue weighted by Gasteiger charge is 2.45. The first-order chi connectivity index (χ1) is 15.0. The van der Waals surface area contributed by atoms with Crippen molar-refractivity contribution in [2.45, 2.75) is 25.2 Å². The minimum atomic E-state index is -4.98. The third-order valence-corrected chi connectivity index (χ3v) is 5.05. The predicted octanol–water partition coefficient (Wildman–Crippen LogP) is 4.02. The Morgan fingerprint density at radius 1 is 1.28 bits per heavy atom. The number of hydrogen-bond donors (Lipinski definition) is 3. The van der Waals surface area contributed by atoms with Gasteiger partial charge in [-0.15, -0.1) is 0 Å². The molecular formula is C20H17F5N4O3. The highest BCUT2D eigenvalue weighted by atomic mass is 19.4. The quantitative estimate of drug-likeness (QED) is 0.516. The van der Waals surface area contributed by atoms with Gasteiger partial charge in [-0.3, -0.25) is 0 Å². The Hall–Kier alpha value is -3.41. The lowest BCUT2D eigenvalue weighted by Crippen LogP contribution is -2.51. The van der Waals surface area contributed by atoms with Crippen molar-refractivity contribution in [3.8, 4) is 0 Å². The summed E-state index contributed by atoms with van der Waals surface area (Å²) in [6.07, 6.45) is -4.16. The van der Waals surface area contributed by atoms with Crippen LogP contribution < -0.4 is 15.5 Å². The van der Waals surface area contributed by atoms with Crippen molar-refractivity contribution in [1.29, 1.82) is 0 Å². The molecule has 7 nitrogen and oxygen atoms in total. The maximum absolute atomic E-state index is 14.0. The minimum absolute atomic E-state index is 0.127. The van der Waals surface area contributed by atoms with Gasteiger partial charge in [0.1, 0.15) is 17.4 Å². The molecule has 0 bridgehead atoms. The second-order valence-electron chi connectivity index (χ2n) is 7.39. The molecule has 1 aliphatic heterocycles. The van der Waals surface area contributed by atoms with Crippen LogP contribution in [0.2, 0.25) is 0 Å². The molecule has 1 saturated heterocycles. The number of nitrogens with zero attached hydrogens (tertiary/aromatic N) is 2. The molecule has 32 heavy (non-hydrogen) atoms. The fraction of sp³-hybridized carbons (Fsp3) is 0.300. The zero-order valence-electron chi connectivity index (χ0n) is 16.5. The second kappa shape index (κ2) is 7.93. The zero-order chi connectivity index (χ0) is 23.2. The van der Waals surface area contributed by atoms with E-state index in [0.29, 0.717) is 25.0 Å². The fourth-order valence-electron chi connectivity index (χ4n) is 3.42. The van der Waals surface area contributed by atoms with E-state index in [-0.39, 0.29) is 16.6 Å². The van der Waals surface area contributed by atoms with Gasteiger partial charge in [-0.25, -0.2) is 18.6 Å². The van der Waals surface area contributed by atoms with E-state index in [0.717, 1.165) is 6.07 Å². The van der Waals surface area contributed by atoms with E-state index in [4.69, 9.17) is 4.42 Å². The van der Waals surface area contributed by atoms with Gasteiger partial charge in [-0.05, 0) is 25.1 Å². The number of amides is 2. The molecule has 1 aliphatic rings. The number of alkyl halides is 3. The number of aliphatic hydroxyl groups is 1. The highest BCUT2D eigenvalue weighted by molar-refractivity contribution is 5.90. The van der Waals surface area contributed by atoms with Gasteiger partial charge in [-0.2, -0.15) is 13.2 Å². The number of aliphatic hydroxyl groups excluding tert-OH is 1. The number of benzene rings is 1. The van der Waals surface area contributed by atoms with Crippen LogP contribution >= 0.6 is 0 Å². The summed E-state index contributed by atoms with van der Waals surface area (Å²) in [5.41, 5.74) is -0.558. The SMILES string of the molecule is Cc1c([C@@H](NC(=O)Nc2ccc(N3CC(O)C3)nc2)C(F)(F)F)oc2c(F)cc(F)cc12. The fourth-order valence-corrected chi connectivity index (χ4v) is 3.42. The van der Waals surface area contributed by atoms with E-state index in [1.807, 2.05) is 0 Å². The molecule has 0 unspecified atom stereocenters. The summed E-state index contributed by atoms with van der Waals surface area (Å²) in [7, 11) is 0. The van der Waals surface area contributed by atoms with E-state index in [1.165, 1.54) is 19.2 Å². The van der Waals surface area contributed by atoms with Crippen LogP contribution in [-0.2, 0) is 0 Å². The maximum atomic E-state index is 14.0. The summed E-state index contributed by atoms with van der Waals surface area (Å²) in [6.45, 7) is 2.04. The van der Waals surface area contributed by atoms with Gasteiger partial charge in [0.05, 0.1) is 18.0 Å². The summed E-state index contributed by atoms with van der Waals surface area (Å²) in [4.78, 5) is 18.1. The third-order valence-electron chi connectivity index (χ3n) is 5.05. The van der Waals surface area contributed by atoms with Crippen LogP contribution in [-0.4, -0.2) is 41.5 Å². The van der Waals surface area contributed by atoms with Gasteiger partial charge in [0, 0.05) is 30.1 Å². The molecular weight excluding hydrogens is 439 g/mol. The van der Waals surface area contributed by atoms with E-state index >= 15 is 0 Å². The third kappa shape index (κ3) is 4.17. The molecule has 3 N–H and O–H groups in total. The molecule has 2 amide bonds. The van der Waals surface area contributed by atoms with Crippen LogP contribution in [0.4, 0.5) is 38.3 Å². The van der Waals surface area contributed by atoms with Gasteiger partial charge in [0.15, 0.2) is 17.4 Å². The number of halogens is 5. The molecule has 170 valence electrons. The van der Waals surface area contributed by atoms with Gasteiger partial charge >= 0.3 is 12.2 Å². The smallest absolute Gasteiger partial charge is 0.416 e. The number of aromatic nitrogens is 1. The lowest BCUT2D eigenvalue weighted by Gasteiger charge is -2.36. The summed E-state index contributed by atoms with van der Waals surface area (Å²) < 4.78 is 73.6. The number of fused-ring (bicyclic) bond motifs is 1. The Labute approximate surface area is 177 Å². The highest BCUT2D eigenvalue weighted by Crippen LogP contribution is 2.39. The Morgan fingerprint density at radius 2 is 2.00 bits per heavy atom. The first-order valence-corrected chi connectivity index (χ1v) is 9.44. The van der Waals surface area contributed by atoms with Crippen molar-refractivity contribution in [2.75, 3.05) is 23.3 Å². The molecule has 1 atom stereocenters. The number of furan rings is 1. The lowest BCUT2D eigenvalue weighted by molar-refractivity contribution is -0.158. The summed E-state index contributed by atoms with van der Waals surface area (Å²) in [5.74, 6) is -2.33. The number of pyridine rings is 1. The standard InChI is InChI=1S/C20H17F5N4O3/c1-9-13-4-10(21)5-14(22)17(13)32-16(9)18(20(23,24)25)28-19(31)27-11-2-3-15(26-6-11)29-7-12(30)8-29/h2-6,12,18,30H,7-8H2,1H3,(H2,27,28,31)/t18-/m1/s1. The predicted molar refractivity (Wildman–Crippen MR) is 104 cm³/mol. The van der Waals surface area contributed by atoms with E-state index in [2.05, 4.69) is 10.3 Å². The average molecular weight is 456 g/mol. The molecule has 0 spiro atoms. The summed E-state index contributed by atoms with van der Waals surface area (Å²) in [5, 5.41) is 13.2.